The molecule has 3 aromatic heterocycles. The number of pyridine rings is 2. The molecule has 4 rings (SSSR count). The summed E-state index contributed by atoms with van der Waals surface area (Å²) in [5.41, 5.74) is 2.94. The molecule has 0 spiro atoms. The van der Waals surface area contributed by atoms with Crippen molar-refractivity contribution in [1.29, 1.82) is 0 Å². The number of carbonyl (C=O) groups is 2. The van der Waals surface area contributed by atoms with Crippen molar-refractivity contribution < 1.29 is 9.59 Å². The van der Waals surface area contributed by atoms with Gasteiger partial charge in [-0.15, -0.1) is 5.10 Å². The fraction of sp³-hybridized carbons (Fsp3) is 0.143. The second-order valence-corrected chi connectivity index (χ2v) is 6.54. The number of amides is 2. The first-order valence-corrected chi connectivity index (χ1v) is 9.38. The van der Waals surface area contributed by atoms with Gasteiger partial charge in [-0.3, -0.25) is 19.6 Å². The van der Waals surface area contributed by atoms with Crippen LogP contribution in [0.4, 0.5) is 0 Å². The Kier molecular flexibility index (Phi) is 5.42. The Labute approximate surface area is 172 Å². The van der Waals surface area contributed by atoms with E-state index in [1.54, 1.807) is 36.1 Å². The van der Waals surface area contributed by atoms with Gasteiger partial charge >= 0.3 is 0 Å². The van der Waals surface area contributed by atoms with Crippen LogP contribution in [-0.2, 0) is 0 Å². The van der Waals surface area contributed by atoms with E-state index in [0.29, 0.717) is 11.3 Å². The quantitative estimate of drug-likeness (QED) is 0.475. The van der Waals surface area contributed by atoms with Crippen LogP contribution in [0.2, 0.25) is 0 Å². The lowest BCUT2D eigenvalue weighted by Crippen LogP contribution is -2.35. The maximum absolute atomic E-state index is 12.5. The van der Waals surface area contributed by atoms with E-state index in [9.17, 15) is 9.59 Å². The molecule has 9 nitrogen and oxygen atoms in total. The zero-order valence-electron chi connectivity index (χ0n) is 16.2. The number of benzene rings is 1. The van der Waals surface area contributed by atoms with Crippen LogP contribution in [0.5, 0.6) is 0 Å². The monoisotopic (exact) mass is 401 g/mol. The summed E-state index contributed by atoms with van der Waals surface area (Å²) >= 11 is 0. The number of carbonyl (C=O) groups excluding carboxylic acids is 2. The molecule has 3 heterocycles. The van der Waals surface area contributed by atoms with E-state index >= 15 is 0 Å². The molecule has 0 aliphatic carbocycles. The molecule has 30 heavy (non-hydrogen) atoms. The van der Waals surface area contributed by atoms with Gasteiger partial charge in [0.2, 0.25) is 0 Å². The summed E-state index contributed by atoms with van der Waals surface area (Å²) in [4.78, 5) is 32.8. The number of rotatable bonds is 6. The van der Waals surface area contributed by atoms with Gasteiger partial charge in [-0.25, -0.2) is 4.68 Å². The summed E-state index contributed by atoms with van der Waals surface area (Å²) in [5.74, 6) is -0.600. The molecular formula is C21H19N7O2. The van der Waals surface area contributed by atoms with Crippen molar-refractivity contribution in [3.8, 4) is 5.69 Å². The van der Waals surface area contributed by atoms with Crippen molar-refractivity contribution in [1.82, 2.24) is 35.6 Å². The topological polar surface area (TPSA) is 115 Å². The van der Waals surface area contributed by atoms with Gasteiger partial charge in [-0.1, -0.05) is 11.3 Å². The van der Waals surface area contributed by atoms with Crippen molar-refractivity contribution in [2.75, 3.05) is 13.1 Å². The van der Waals surface area contributed by atoms with E-state index in [2.05, 4.69) is 30.9 Å². The highest BCUT2D eigenvalue weighted by molar-refractivity contribution is 5.95. The number of fused-ring (bicyclic) bond motifs is 1. The number of nitrogens with zero attached hydrogens (tertiary/aromatic N) is 5. The van der Waals surface area contributed by atoms with Gasteiger partial charge in [0.1, 0.15) is 0 Å². The zero-order chi connectivity index (χ0) is 20.9. The van der Waals surface area contributed by atoms with Crippen molar-refractivity contribution in [2.45, 2.75) is 6.92 Å². The molecule has 9 heteroatoms. The second-order valence-electron chi connectivity index (χ2n) is 6.54. The van der Waals surface area contributed by atoms with Crippen molar-refractivity contribution >= 4 is 22.7 Å². The Morgan fingerprint density at radius 3 is 2.57 bits per heavy atom. The number of aromatic nitrogens is 5. The SMILES string of the molecule is Cc1c(C(=O)NCCNC(=O)c2cccnc2)nnn1-c1cccc2ncccc12. The van der Waals surface area contributed by atoms with Gasteiger partial charge in [-0.2, -0.15) is 0 Å². The molecule has 0 aliphatic heterocycles. The zero-order valence-corrected chi connectivity index (χ0v) is 16.2. The largest absolute Gasteiger partial charge is 0.350 e. The lowest BCUT2D eigenvalue weighted by atomic mass is 10.2. The molecule has 4 aromatic rings. The molecule has 0 bridgehead atoms. The van der Waals surface area contributed by atoms with E-state index < -0.39 is 0 Å². The van der Waals surface area contributed by atoms with Crippen LogP contribution < -0.4 is 10.6 Å². The molecule has 1 aromatic carbocycles. The first-order chi connectivity index (χ1) is 14.6. The molecule has 2 amide bonds. The van der Waals surface area contributed by atoms with Gasteiger partial charge in [-0.05, 0) is 43.3 Å². The number of hydrogen-bond donors (Lipinski definition) is 2. The third kappa shape index (κ3) is 3.86. The highest BCUT2D eigenvalue weighted by Gasteiger charge is 2.18. The van der Waals surface area contributed by atoms with Crippen LogP contribution in [0.15, 0.2) is 61.1 Å². The molecule has 0 saturated carbocycles. The van der Waals surface area contributed by atoms with Crippen molar-refractivity contribution in [3.05, 3.63) is 78.0 Å². The summed E-state index contributed by atoms with van der Waals surface area (Å²) in [7, 11) is 0. The van der Waals surface area contributed by atoms with Gasteiger partial charge in [0.05, 0.1) is 22.5 Å². The first kappa shape index (κ1) is 19.2. The van der Waals surface area contributed by atoms with Crippen LogP contribution in [0.3, 0.4) is 0 Å². The Morgan fingerprint density at radius 1 is 0.967 bits per heavy atom. The van der Waals surface area contributed by atoms with Crippen LogP contribution in [-0.4, -0.2) is 49.9 Å². The summed E-state index contributed by atoms with van der Waals surface area (Å²) in [6.45, 7) is 2.32. The van der Waals surface area contributed by atoms with Crippen molar-refractivity contribution in [3.63, 3.8) is 0 Å². The molecule has 0 saturated heterocycles. The normalized spacial score (nSPS) is 10.7. The Morgan fingerprint density at radius 2 is 1.77 bits per heavy atom. The molecular weight excluding hydrogens is 382 g/mol. The highest BCUT2D eigenvalue weighted by Crippen LogP contribution is 2.21. The molecule has 0 fully saturated rings. The minimum absolute atomic E-state index is 0.231. The first-order valence-electron chi connectivity index (χ1n) is 9.38. The fourth-order valence-electron chi connectivity index (χ4n) is 3.07. The standard InChI is InChI=1S/C21H19N7O2/c1-14-19(21(30)25-12-11-24-20(29)15-5-3-9-22-13-15)26-27-28(14)18-8-2-7-17-16(18)6-4-10-23-17/h2-10,13H,11-12H2,1H3,(H,24,29)(H,25,30). The summed E-state index contributed by atoms with van der Waals surface area (Å²) in [6, 6.07) is 12.9. The Balaban J connectivity index is 1.41. The van der Waals surface area contributed by atoms with Crippen LogP contribution in [0, 0.1) is 6.92 Å². The van der Waals surface area contributed by atoms with Gasteiger partial charge in [0, 0.05) is 37.1 Å². The summed E-state index contributed by atoms with van der Waals surface area (Å²) in [5, 5.41) is 14.6. The fourth-order valence-corrected chi connectivity index (χ4v) is 3.07. The van der Waals surface area contributed by atoms with Gasteiger partial charge in [0.25, 0.3) is 11.8 Å². The Bertz CT molecular complexity index is 1200. The summed E-state index contributed by atoms with van der Waals surface area (Å²) < 4.78 is 1.63. The maximum Gasteiger partial charge on any atom is 0.273 e. The molecule has 0 unspecified atom stereocenters. The number of hydrogen-bond acceptors (Lipinski definition) is 6. The van der Waals surface area contributed by atoms with Crippen LogP contribution in [0.25, 0.3) is 16.6 Å². The third-order valence-electron chi connectivity index (χ3n) is 4.58. The van der Waals surface area contributed by atoms with Gasteiger partial charge < -0.3 is 10.6 Å². The maximum atomic E-state index is 12.5. The third-order valence-corrected chi connectivity index (χ3v) is 4.58. The average Bonchev–Trinajstić information content (AvgIpc) is 3.17. The minimum Gasteiger partial charge on any atom is -0.350 e. The highest BCUT2D eigenvalue weighted by atomic mass is 16.2. The lowest BCUT2D eigenvalue weighted by Gasteiger charge is -2.08. The lowest BCUT2D eigenvalue weighted by molar-refractivity contribution is 0.0924. The minimum atomic E-state index is -0.354. The van der Waals surface area contributed by atoms with Crippen LogP contribution >= 0.6 is 0 Å². The second kappa shape index (κ2) is 8.48. The molecule has 0 aliphatic rings. The predicted molar refractivity (Wildman–Crippen MR) is 110 cm³/mol. The smallest absolute Gasteiger partial charge is 0.273 e. The van der Waals surface area contributed by atoms with Crippen molar-refractivity contribution in [2.24, 2.45) is 0 Å². The Hall–Kier alpha value is -4.14. The van der Waals surface area contributed by atoms with E-state index in [-0.39, 0.29) is 30.6 Å². The van der Waals surface area contributed by atoms with E-state index in [0.717, 1.165) is 16.6 Å². The summed E-state index contributed by atoms with van der Waals surface area (Å²) in [6.07, 6.45) is 4.81. The van der Waals surface area contributed by atoms with Crippen LogP contribution in [0.1, 0.15) is 26.5 Å². The number of nitrogens with one attached hydrogen (secondary N) is 2. The average molecular weight is 401 g/mol. The molecule has 0 radical (unpaired) electrons. The van der Waals surface area contributed by atoms with E-state index in [1.807, 2.05) is 30.3 Å². The van der Waals surface area contributed by atoms with E-state index in [1.165, 1.54) is 6.20 Å². The molecule has 150 valence electrons. The predicted octanol–water partition coefficient (Wildman–Crippen LogP) is 1.68. The van der Waals surface area contributed by atoms with Gasteiger partial charge in [0.15, 0.2) is 5.69 Å². The van der Waals surface area contributed by atoms with E-state index in [4.69, 9.17) is 0 Å². The molecule has 0 atom stereocenters. The molecule has 2 N–H and O–H groups in total.